The van der Waals surface area contributed by atoms with Gasteiger partial charge in [-0.1, -0.05) is 12.1 Å². The van der Waals surface area contributed by atoms with Gasteiger partial charge in [0, 0.05) is 11.8 Å². The van der Waals surface area contributed by atoms with E-state index in [4.69, 9.17) is 10.5 Å². The van der Waals surface area contributed by atoms with Gasteiger partial charge < -0.3 is 15.6 Å². The molecular weight excluding hydrogens is 270 g/mol. The highest BCUT2D eigenvalue weighted by Gasteiger charge is 2.19. The number of carboxylic acids is 1. The van der Waals surface area contributed by atoms with Crippen molar-refractivity contribution in [3.8, 4) is 17.1 Å². The van der Waals surface area contributed by atoms with Crippen LogP contribution in [0.25, 0.3) is 16.9 Å². The Morgan fingerprint density at radius 1 is 1.33 bits per heavy atom. The number of nitrogens with two attached hydrogens (primary N) is 1. The number of ether oxygens (including phenoxy) is 1. The van der Waals surface area contributed by atoms with Crippen molar-refractivity contribution in [2.24, 2.45) is 0 Å². The monoisotopic (exact) mass is 283 g/mol. The molecule has 0 saturated heterocycles. The summed E-state index contributed by atoms with van der Waals surface area (Å²) in [4.78, 5) is 15.6. The second-order valence-corrected chi connectivity index (χ2v) is 4.50. The van der Waals surface area contributed by atoms with E-state index in [9.17, 15) is 9.90 Å². The molecule has 6 heteroatoms. The number of hydrogen-bond acceptors (Lipinski definition) is 4. The molecule has 21 heavy (non-hydrogen) atoms. The van der Waals surface area contributed by atoms with Crippen LogP contribution in [0.1, 0.15) is 10.5 Å². The van der Waals surface area contributed by atoms with Gasteiger partial charge in [0.2, 0.25) is 0 Å². The zero-order chi connectivity index (χ0) is 15.0. The summed E-state index contributed by atoms with van der Waals surface area (Å²) in [5, 5.41) is 9.31. The minimum atomic E-state index is -1.11. The summed E-state index contributed by atoms with van der Waals surface area (Å²) >= 11 is 0. The van der Waals surface area contributed by atoms with Gasteiger partial charge in [-0.15, -0.1) is 0 Å². The molecule has 0 atom stereocenters. The van der Waals surface area contributed by atoms with Crippen LogP contribution in [0.2, 0.25) is 0 Å². The molecular formula is C15H13N3O3. The number of nitrogens with zero attached hydrogens (tertiary/aromatic N) is 2. The molecule has 0 bridgehead atoms. The number of nitrogen functional groups attached to an aromatic ring is 1. The van der Waals surface area contributed by atoms with Gasteiger partial charge in [-0.25, -0.2) is 9.78 Å². The van der Waals surface area contributed by atoms with E-state index in [1.165, 1.54) is 0 Å². The number of carbonyl (C=O) groups is 1. The average molecular weight is 283 g/mol. The quantitative estimate of drug-likeness (QED) is 0.769. The molecule has 3 N–H and O–H groups in total. The lowest BCUT2D eigenvalue weighted by Crippen LogP contribution is -2.00. The second kappa shape index (κ2) is 4.82. The Balaban J connectivity index is 2.33. The highest BCUT2D eigenvalue weighted by atomic mass is 16.5. The van der Waals surface area contributed by atoms with E-state index in [-0.39, 0.29) is 5.69 Å². The maximum atomic E-state index is 11.4. The highest BCUT2D eigenvalue weighted by molar-refractivity contribution is 5.98. The Morgan fingerprint density at radius 2 is 2.14 bits per heavy atom. The number of imidazole rings is 1. The first-order valence-corrected chi connectivity index (χ1v) is 6.26. The van der Waals surface area contributed by atoms with Crippen molar-refractivity contribution in [3.63, 3.8) is 0 Å². The van der Waals surface area contributed by atoms with E-state index in [2.05, 4.69) is 4.98 Å². The van der Waals surface area contributed by atoms with Gasteiger partial charge in [0.25, 0.3) is 0 Å². The van der Waals surface area contributed by atoms with Crippen LogP contribution in [0.3, 0.4) is 0 Å². The fraction of sp³-hybridized carbons (Fsp3) is 0.0667. The molecule has 3 rings (SSSR count). The zero-order valence-corrected chi connectivity index (χ0v) is 11.3. The largest absolute Gasteiger partial charge is 0.497 e. The van der Waals surface area contributed by atoms with Crippen molar-refractivity contribution in [3.05, 3.63) is 48.3 Å². The average Bonchev–Trinajstić information content (AvgIpc) is 2.88. The van der Waals surface area contributed by atoms with Crippen molar-refractivity contribution in [2.45, 2.75) is 0 Å². The Bertz CT molecular complexity index is 839. The summed E-state index contributed by atoms with van der Waals surface area (Å²) in [5.74, 6) is 0.0678. The van der Waals surface area contributed by atoms with Crippen LogP contribution in [0, 0.1) is 0 Å². The highest BCUT2D eigenvalue weighted by Crippen LogP contribution is 2.28. The number of benzene rings is 1. The summed E-state index contributed by atoms with van der Waals surface area (Å²) in [6.07, 6.45) is 1.74. The molecule has 1 aromatic carbocycles. The number of rotatable bonds is 3. The molecule has 0 aliphatic heterocycles. The molecule has 6 nitrogen and oxygen atoms in total. The molecule has 0 radical (unpaired) electrons. The van der Waals surface area contributed by atoms with Crippen LogP contribution in [0.15, 0.2) is 42.6 Å². The molecule has 0 saturated carbocycles. The van der Waals surface area contributed by atoms with Gasteiger partial charge in [-0.3, -0.25) is 4.40 Å². The Labute approximate surface area is 120 Å². The lowest BCUT2D eigenvalue weighted by atomic mass is 10.2. The molecule has 2 heterocycles. The van der Waals surface area contributed by atoms with Gasteiger partial charge in [0.15, 0.2) is 5.69 Å². The Kier molecular flexibility index (Phi) is 2.98. The Morgan fingerprint density at radius 3 is 2.86 bits per heavy atom. The van der Waals surface area contributed by atoms with Gasteiger partial charge in [-0.2, -0.15) is 0 Å². The van der Waals surface area contributed by atoms with Crippen LogP contribution < -0.4 is 10.5 Å². The number of aromatic nitrogens is 2. The third kappa shape index (κ3) is 2.06. The first kappa shape index (κ1) is 13.0. The maximum Gasteiger partial charge on any atom is 0.356 e. The smallest absolute Gasteiger partial charge is 0.356 e. The summed E-state index contributed by atoms with van der Waals surface area (Å²) in [7, 11) is 1.57. The first-order chi connectivity index (χ1) is 10.1. The van der Waals surface area contributed by atoms with E-state index in [0.29, 0.717) is 22.8 Å². The molecule has 2 aromatic heterocycles. The standard InChI is InChI=1S/C15H13N3O3/c1-21-10-5-2-4-9(8-10)14-17-12(15(19)20)13-11(16)6-3-7-18(13)14/h2-8H,16H2,1H3,(H,19,20). The van der Waals surface area contributed by atoms with E-state index in [0.717, 1.165) is 5.56 Å². The summed E-state index contributed by atoms with van der Waals surface area (Å²) in [6.45, 7) is 0. The molecule has 0 fully saturated rings. The summed E-state index contributed by atoms with van der Waals surface area (Å²) < 4.78 is 6.86. The Hall–Kier alpha value is -3.02. The third-order valence-corrected chi connectivity index (χ3v) is 3.23. The lowest BCUT2D eigenvalue weighted by molar-refractivity contribution is 0.0693. The van der Waals surface area contributed by atoms with Crippen LogP contribution in [0.5, 0.6) is 5.75 Å². The van der Waals surface area contributed by atoms with E-state index >= 15 is 0 Å². The second-order valence-electron chi connectivity index (χ2n) is 4.50. The number of aromatic carboxylic acids is 1. The van der Waals surface area contributed by atoms with E-state index in [1.54, 1.807) is 35.9 Å². The predicted molar refractivity (Wildman–Crippen MR) is 78.6 cm³/mol. The number of fused-ring (bicyclic) bond motifs is 1. The predicted octanol–water partition coefficient (Wildman–Crippen LogP) is 2.29. The van der Waals surface area contributed by atoms with E-state index in [1.807, 2.05) is 18.2 Å². The topological polar surface area (TPSA) is 89.8 Å². The SMILES string of the molecule is COc1cccc(-c2nc(C(=O)O)c3c(N)cccn23)c1. The van der Waals surface area contributed by atoms with Crippen molar-refractivity contribution in [2.75, 3.05) is 12.8 Å². The number of methoxy groups -OCH3 is 1. The number of pyridine rings is 1. The minimum absolute atomic E-state index is 0.0640. The lowest BCUT2D eigenvalue weighted by Gasteiger charge is -2.04. The normalized spacial score (nSPS) is 10.7. The molecule has 106 valence electrons. The van der Waals surface area contributed by atoms with Crippen LogP contribution >= 0.6 is 0 Å². The zero-order valence-electron chi connectivity index (χ0n) is 11.3. The van der Waals surface area contributed by atoms with Gasteiger partial charge in [0.05, 0.1) is 12.8 Å². The molecule has 0 aliphatic rings. The van der Waals surface area contributed by atoms with Crippen LogP contribution in [-0.2, 0) is 0 Å². The van der Waals surface area contributed by atoms with Crippen LogP contribution in [0.4, 0.5) is 5.69 Å². The fourth-order valence-electron chi connectivity index (χ4n) is 2.28. The number of carboxylic acid groups (broad SMARTS) is 1. The number of anilines is 1. The van der Waals surface area contributed by atoms with Crippen molar-refractivity contribution in [1.29, 1.82) is 0 Å². The fourth-order valence-corrected chi connectivity index (χ4v) is 2.28. The summed E-state index contributed by atoms with van der Waals surface area (Å²) in [5.41, 5.74) is 7.35. The van der Waals surface area contributed by atoms with Crippen molar-refractivity contribution in [1.82, 2.24) is 9.38 Å². The maximum absolute atomic E-state index is 11.4. The molecule has 0 amide bonds. The van der Waals surface area contributed by atoms with Gasteiger partial charge in [-0.05, 0) is 24.3 Å². The third-order valence-electron chi connectivity index (χ3n) is 3.23. The molecule has 3 aromatic rings. The number of hydrogen-bond donors (Lipinski definition) is 2. The van der Waals surface area contributed by atoms with Gasteiger partial charge >= 0.3 is 5.97 Å². The summed E-state index contributed by atoms with van der Waals surface area (Å²) in [6, 6.07) is 10.7. The molecule has 0 unspecified atom stereocenters. The minimum Gasteiger partial charge on any atom is -0.497 e. The van der Waals surface area contributed by atoms with Crippen LogP contribution in [-0.4, -0.2) is 27.6 Å². The first-order valence-electron chi connectivity index (χ1n) is 6.26. The molecule has 0 aliphatic carbocycles. The molecule has 0 spiro atoms. The van der Waals surface area contributed by atoms with E-state index < -0.39 is 5.97 Å². The van der Waals surface area contributed by atoms with Crippen molar-refractivity contribution < 1.29 is 14.6 Å². The van der Waals surface area contributed by atoms with Crippen molar-refractivity contribution >= 4 is 17.2 Å². The van der Waals surface area contributed by atoms with Gasteiger partial charge in [0.1, 0.15) is 17.1 Å².